The Morgan fingerprint density at radius 3 is 2.79 bits per heavy atom. The normalized spacial score (nSPS) is 17.5. The fourth-order valence-corrected chi connectivity index (χ4v) is 3.81. The SMILES string of the molecule is C[C@H](NC(=O)CN1c2ccccc2C[C@@H]1C)c1ccc(Cl)cc1Cl. The largest absolute Gasteiger partial charge is 0.359 e. The quantitative estimate of drug-likeness (QED) is 0.860. The van der Waals surface area contributed by atoms with Crippen LogP contribution in [-0.2, 0) is 11.2 Å². The van der Waals surface area contributed by atoms with Crippen LogP contribution in [0.3, 0.4) is 0 Å². The third-order valence-corrected chi connectivity index (χ3v) is 5.03. The number of benzene rings is 2. The summed E-state index contributed by atoms with van der Waals surface area (Å²) in [7, 11) is 0. The second kappa shape index (κ2) is 7.04. The van der Waals surface area contributed by atoms with Crippen LogP contribution >= 0.6 is 23.2 Å². The highest BCUT2D eigenvalue weighted by Crippen LogP contribution is 2.31. The summed E-state index contributed by atoms with van der Waals surface area (Å²) in [6.07, 6.45) is 0.974. The summed E-state index contributed by atoms with van der Waals surface area (Å²) in [5.41, 5.74) is 3.31. The van der Waals surface area contributed by atoms with Gasteiger partial charge in [0.1, 0.15) is 0 Å². The molecular formula is C19H20Cl2N2O. The molecule has 0 aliphatic carbocycles. The number of rotatable bonds is 4. The molecule has 1 heterocycles. The number of hydrogen-bond donors (Lipinski definition) is 1. The Hall–Kier alpha value is -1.71. The molecule has 0 spiro atoms. The van der Waals surface area contributed by atoms with E-state index < -0.39 is 0 Å². The molecule has 0 saturated heterocycles. The van der Waals surface area contributed by atoms with Crippen LogP contribution < -0.4 is 10.2 Å². The van der Waals surface area contributed by atoms with E-state index in [-0.39, 0.29) is 11.9 Å². The first kappa shape index (κ1) is 17.1. The Balaban J connectivity index is 1.67. The highest BCUT2D eigenvalue weighted by Gasteiger charge is 2.27. The third-order valence-electron chi connectivity index (χ3n) is 4.47. The van der Waals surface area contributed by atoms with Gasteiger partial charge in [0.15, 0.2) is 0 Å². The average molecular weight is 363 g/mol. The minimum absolute atomic E-state index is 0.0166. The number of amides is 1. The summed E-state index contributed by atoms with van der Waals surface area (Å²) in [4.78, 5) is 14.6. The minimum atomic E-state index is -0.171. The first-order valence-corrected chi connectivity index (χ1v) is 8.80. The predicted octanol–water partition coefficient (Wildman–Crippen LogP) is 4.62. The number of carbonyl (C=O) groups excluding carboxylic acids is 1. The number of anilines is 1. The van der Waals surface area contributed by atoms with Crippen molar-refractivity contribution >= 4 is 34.8 Å². The predicted molar refractivity (Wildman–Crippen MR) is 100.0 cm³/mol. The van der Waals surface area contributed by atoms with Crippen LogP contribution in [0.1, 0.15) is 31.0 Å². The van der Waals surface area contributed by atoms with Crippen LogP contribution in [0.25, 0.3) is 0 Å². The zero-order valence-electron chi connectivity index (χ0n) is 13.7. The van der Waals surface area contributed by atoms with Gasteiger partial charge >= 0.3 is 0 Å². The fourth-order valence-electron chi connectivity index (χ4n) is 3.24. The molecule has 5 heteroatoms. The number of nitrogens with one attached hydrogen (secondary N) is 1. The van der Waals surface area contributed by atoms with E-state index in [9.17, 15) is 4.79 Å². The van der Waals surface area contributed by atoms with E-state index in [0.29, 0.717) is 22.6 Å². The van der Waals surface area contributed by atoms with Crippen LogP contribution in [0.2, 0.25) is 10.0 Å². The molecule has 0 saturated carbocycles. The molecule has 2 aromatic carbocycles. The van der Waals surface area contributed by atoms with Crippen LogP contribution in [0.5, 0.6) is 0 Å². The molecule has 126 valence electrons. The van der Waals surface area contributed by atoms with Gasteiger partial charge in [-0.1, -0.05) is 47.5 Å². The van der Waals surface area contributed by atoms with Crippen LogP contribution in [0, 0.1) is 0 Å². The van der Waals surface area contributed by atoms with Gasteiger partial charge in [-0.3, -0.25) is 4.79 Å². The van der Waals surface area contributed by atoms with Crippen molar-refractivity contribution in [3.05, 3.63) is 63.6 Å². The van der Waals surface area contributed by atoms with Crippen molar-refractivity contribution in [3.8, 4) is 0 Å². The second-order valence-electron chi connectivity index (χ2n) is 6.26. The molecule has 1 aliphatic rings. The maximum absolute atomic E-state index is 12.5. The zero-order chi connectivity index (χ0) is 17.3. The Labute approximate surface area is 152 Å². The Morgan fingerprint density at radius 2 is 2.04 bits per heavy atom. The van der Waals surface area contributed by atoms with Gasteiger partial charge in [0.2, 0.25) is 5.91 Å². The van der Waals surface area contributed by atoms with Gasteiger partial charge in [0.05, 0.1) is 12.6 Å². The van der Waals surface area contributed by atoms with Crippen molar-refractivity contribution < 1.29 is 4.79 Å². The lowest BCUT2D eigenvalue weighted by Crippen LogP contribution is -2.40. The maximum Gasteiger partial charge on any atom is 0.240 e. The monoisotopic (exact) mass is 362 g/mol. The van der Waals surface area contributed by atoms with Crippen LogP contribution in [0.4, 0.5) is 5.69 Å². The summed E-state index contributed by atoms with van der Waals surface area (Å²) in [6, 6.07) is 13.7. The van der Waals surface area contributed by atoms with Crippen molar-refractivity contribution in [2.24, 2.45) is 0 Å². The molecule has 0 unspecified atom stereocenters. The molecule has 1 aliphatic heterocycles. The van der Waals surface area contributed by atoms with Crippen molar-refractivity contribution in [1.29, 1.82) is 0 Å². The van der Waals surface area contributed by atoms with E-state index in [1.54, 1.807) is 12.1 Å². The minimum Gasteiger partial charge on any atom is -0.359 e. The van der Waals surface area contributed by atoms with Crippen molar-refractivity contribution in [1.82, 2.24) is 5.32 Å². The lowest BCUT2D eigenvalue weighted by Gasteiger charge is -2.25. The van der Waals surface area contributed by atoms with Gasteiger partial charge in [-0.25, -0.2) is 0 Å². The Bertz CT molecular complexity index is 763. The lowest BCUT2D eigenvalue weighted by molar-refractivity contribution is -0.120. The molecule has 1 N–H and O–H groups in total. The van der Waals surface area contributed by atoms with E-state index in [2.05, 4.69) is 29.3 Å². The van der Waals surface area contributed by atoms with E-state index >= 15 is 0 Å². The Kier molecular flexibility index (Phi) is 5.02. The van der Waals surface area contributed by atoms with Crippen LogP contribution in [0.15, 0.2) is 42.5 Å². The first-order valence-electron chi connectivity index (χ1n) is 8.04. The number of fused-ring (bicyclic) bond motifs is 1. The summed E-state index contributed by atoms with van der Waals surface area (Å²) in [5, 5.41) is 4.18. The second-order valence-corrected chi connectivity index (χ2v) is 7.11. The van der Waals surface area contributed by atoms with Crippen LogP contribution in [-0.4, -0.2) is 18.5 Å². The highest BCUT2D eigenvalue weighted by molar-refractivity contribution is 6.35. The number of hydrogen-bond acceptors (Lipinski definition) is 2. The smallest absolute Gasteiger partial charge is 0.240 e. The van der Waals surface area contributed by atoms with Gasteiger partial charge in [0, 0.05) is 21.8 Å². The van der Waals surface area contributed by atoms with Gasteiger partial charge in [-0.2, -0.15) is 0 Å². The summed E-state index contributed by atoms with van der Waals surface area (Å²) in [6.45, 7) is 4.41. The van der Waals surface area contributed by atoms with E-state index in [4.69, 9.17) is 23.2 Å². The molecule has 0 bridgehead atoms. The van der Waals surface area contributed by atoms with E-state index in [1.165, 1.54) is 5.56 Å². The van der Waals surface area contributed by atoms with Crippen molar-refractivity contribution in [2.45, 2.75) is 32.4 Å². The number of para-hydroxylation sites is 1. The van der Waals surface area contributed by atoms with E-state index in [1.807, 2.05) is 25.1 Å². The zero-order valence-corrected chi connectivity index (χ0v) is 15.2. The molecule has 2 aromatic rings. The average Bonchev–Trinajstić information content (AvgIpc) is 2.83. The number of carbonyl (C=O) groups is 1. The van der Waals surface area contributed by atoms with Gasteiger partial charge in [-0.05, 0) is 49.6 Å². The Morgan fingerprint density at radius 1 is 1.29 bits per heavy atom. The van der Waals surface area contributed by atoms with Crippen molar-refractivity contribution in [2.75, 3.05) is 11.4 Å². The maximum atomic E-state index is 12.5. The van der Waals surface area contributed by atoms with Gasteiger partial charge in [0.25, 0.3) is 0 Å². The topological polar surface area (TPSA) is 32.3 Å². The van der Waals surface area contributed by atoms with Gasteiger partial charge in [-0.15, -0.1) is 0 Å². The lowest BCUT2D eigenvalue weighted by atomic mass is 10.1. The molecule has 0 radical (unpaired) electrons. The molecule has 2 atom stereocenters. The molecule has 3 rings (SSSR count). The standard InChI is InChI=1S/C19H20Cl2N2O/c1-12-9-14-5-3-4-6-18(14)23(12)11-19(24)22-13(2)16-8-7-15(20)10-17(16)21/h3-8,10,12-13H,9,11H2,1-2H3,(H,22,24)/t12-,13-/m0/s1. The highest BCUT2D eigenvalue weighted by atomic mass is 35.5. The number of halogens is 2. The third kappa shape index (κ3) is 3.52. The molecule has 0 aromatic heterocycles. The first-order chi connectivity index (χ1) is 11.5. The molecular weight excluding hydrogens is 343 g/mol. The summed E-state index contributed by atoms with van der Waals surface area (Å²) < 4.78 is 0. The fraction of sp³-hybridized carbons (Fsp3) is 0.316. The van der Waals surface area contributed by atoms with Crippen molar-refractivity contribution in [3.63, 3.8) is 0 Å². The molecule has 0 fully saturated rings. The summed E-state index contributed by atoms with van der Waals surface area (Å²) in [5.74, 6) is -0.0166. The molecule has 3 nitrogen and oxygen atoms in total. The molecule has 1 amide bonds. The summed E-state index contributed by atoms with van der Waals surface area (Å²) >= 11 is 12.1. The molecule has 24 heavy (non-hydrogen) atoms. The van der Waals surface area contributed by atoms with E-state index in [0.717, 1.165) is 17.7 Å². The number of nitrogens with zero attached hydrogens (tertiary/aromatic N) is 1. The van der Waals surface area contributed by atoms with Gasteiger partial charge < -0.3 is 10.2 Å².